The van der Waals surface area contributed by atoms with E-state index in [1.165, 1.54) is 12.8 Å². The van der Waals surface area contributed by atoms with E-state index in [1.807, 2.05) is 32.9 Å². The van der Waals surface area contributed by atoms with Crippen molar-refractivity contribution in [2.24, 2.45) is 4.99 Å². The summed E-state index contributed by atoms with van der Waals surface area (Å²) in [5, 5.41) is 9.39. The molecule has 7 heteroatoms. The first-order valence-corrected chi connectivity index (χ1v) is 9.69. The van der Waals surface area contributed by atoms with E-state index in [0.717, 1.165) is 31.4 Å². The Hall–Kier alpha value is -2.02. The Kier molecular flexibility index (Phi) is 8.47. The Morgan fingerprint density at radius 2 is 2.08 bits per heavy atom. The monoisotopic (exact) mass is 363 g/mol. The molecule has 1 aliphatic heterocycles. The van der Waals surface area contributed by atoms with Gasteiger partial charge in [0.15, 0.2) is 5.96 Å². The van der Waals surface area contributed by atoms with Crippen LogP contribution in [0.2, 0.25) is 0 Å². The van der Waals surface area contributed by atoms with Gasteiger partial charge in [-0.2, -0.15) is 0 Å². The molecule has 1 atom stereocenters. The number of aliphatic imine (C=N–C) groups is 1. The fraction of sp³-hybridized carbons (Fsp3) is 0.684. The van der Waals surface area contributed by atoms with Crippen LogP contribution >= 0.6 is 0 Å². The lowest BCUT2D eigenvalue weighted by Crippen LogP contribution is -2.40. The minimum atomic E-state index is 0.0499. The van der Waals surface area contributed by atoms with Crippen molar-refractivity contribution in [3.8, 4) is 0 Å². The predicted octanol–water partition coefficient (Wildman–Crippen LogP) is 1.89. The number of nitrogens with zero attached hydrogens (tertiary/aromatic N) is 2. The number of carbonyl (C=O) groups is 1. The molecule has 1 fully saturated rings. The van der Waals surface area contributed by atoms with Crippen LogP contribution in [0.15, 0.2) is 27.8 Å². The summed E-state index contributed by atoms with van der Waals surface area (Å²) in [7, 11) is 0. The number of likely N-dealkylation sites (tertiary alicyclic amines) is 1. The lowest BCUT2D eigenvalue weighted by atomic mass is 10.2. The van der Waals surface area contributed by atoms with Crippen molar-refractivity contribution in [2.75, 3.05) is 32.7 Å². The normalized spacial score (nSPS) is 16.7. The molecule has 1 unspecified atom stereocenters. The Morgan fingerprint density at radius 1 is 1.31 bits per heavy atom. The number of nitrogens with one attached hydrogen (secondary N) is 3. The van der Waals surface area contributed by atoms with Gasteiger partial charge in [0.2, 0.25) is 5.91 Å². The van der Waals surface area contributed by atoms with Gasteiger partial charge < -0.3 is 20.4 Å². The van der Waals surface area contributed by atoms with E-state index in [4.69, 9.17) is 9.41 Å². The summed E-state index contributed by atoms with van der Waals surface area (Å²) in [5.41, 5.74) is 0. The molecular weight excluding hydrogens is 330 g/mol. The molecule has 0 aliphatic carbocycles. The van der Waals surface area contributed by atoms with Crippen molar-refractivity contribution in [3.63, 3.8) is 0 Å². The minimum Gasteiger partial charge on any atom is -0.468 e. The van der Waals surface area contributed by atoms with Gasteiger partial charge in [-0.15, -0.1) is 0 Å². The summed E-state index contributed by atoms with van der Waals surface area (Å²) < 4.78 is 5.65. The van der Waals surface area contributed by atoms with Crippen LogP contribution < -0.4 is 16.0 Å². The van der Waals surface area contributed by atoms with Crippen molar-refractivity contribution in [3.05, 3.63) is 24.2 Å². The van der Waals surface area contributed by atoms with E-state index in [2.05, 4.69) is 20.9 Å². The largest absolute Gasteiger partial charge is 0.468 e. The van der Waals surface area contributed by atoms with Crippen LogP contribution in [0.5, 0.6) is 0 Å². The molecule has 146 valence electrons. The molecule has 2 rings (SSSR count). The van der Waals surface area contributed by atoms with E-state index in [-0.39, 0.29) is 18.0 Å². The highest BCUT2D eigenvalue weighted by atomic mass is 16.3. The first-order valence-electron chi connectivity index (χ1n) is 9.69. The zero-order chi connectivity index (χ0) is 18.8. The fourth-order valence-corrected chi connectivity index (χ4v) is 3.13. The zero-order valence-electron chi connectivity index (χ0n) is 16.3. The van der Waals surface area contributed by atoms with E-state index in [9.17, 15) is 4.79 Å². The van der Waals surface area contributed by atoms with E-state index >= 15 is 0 Å². The Labute approximate surface area is 156 Å². The van der Waals surface area contributed by atoms with Gasteiger partial charge in [-0.3, -0.25) is 14.7 Å². The first kappa shape index (κ1) is 20.3. The maximum absolute atomic E-state index is 11.8. The molecule has 7 nitrogen and oxygen atoms in total. The molecule has 1 saturated heterocycles. The number of furan rings is 1. The van der Waals surface area contributed by atoms with Gasteiger partial charge in [0.05, 0.1) is 18.8 Å². The SMILES string of the molecule is CCNC(=NCC(c1ccco1)N1CCCC1)NCCC(=O)NC(C)C. The highest BCUT2D eigenvalue weighted by Crippen LogP contribution is 2.25. The van der Waals surface area contributed by atoms with Gasteiger partial charge in [-0.25, -0.2) is 0 Å². The topological polar surface area (TPSA) is 81.9 Å². The van der Waals surface area contributed by atoms with Gasteiger partial charge in [0, 0.05) is 25.6 Å². The van der Waals surface area contributed by atoms with E-state index in [0.29, 0.717) is 19.5 Å². The number of guanidine groups is 1. The summed E-state index contributed by atoms with van der Waals surface area (Å²) >= 11 is 0. The van der Waals surface area contributed by atoms with Crippen molar-refractivity contribution in [1.82, 2.24) is 20.9 Å². The van der Waals surface area contributed by atoms with E-state index < -0.39 is 0 Å². The third-order valence-electron chi connectivity index (χ3n) is 4.31. The standard InChI is InChI=1S/C19H33N5O2/c1-4-20-19(21-10-9-18(25)23-15(2)3)22-14-16(17-8-7-13-26-17)24-11-5-6-12-24/h7-8,13,15-16H,4-6,9-12,14H2,1-3H3,(H,23,25)(H2,20,21,22). The van der Waals surface area contributed by atoms with Gasteiger partial charge in [0.25, 0.3) is 0 Å². The molecule has 1 aromatic heterocycles. The lowest BCUT2D eigenvalue weighted by molar-refractivity contribution is -0.121. The third kappa shape index (κ3) is 6.71. The molecule has 1 aromatic rings. The second-order valence-electron chi connectivity index (χ2n) is 6.89. The molecular formula is C19H33N5O2. The van der Waals surface area contributed by atoms with Crippen LogP contribution in [0.3, 0.4) is 0 Å². The quantitative estimate of drug-likeness (QED) is 0.461. The van der Waals surface area contributed by atoms with Crippen molar-refractivity contribution in [2.45, 2.75) is 52.1 Å². The number of carbonyl (C=O) groups excluding carboxylic acids is 1. The maximum atomic E-state index is 11.8. The zero-order valence-corrected chi connectivity index (χ0v) is 16.3. The summed E-state index contributed by atoms with van der Waals surface area (Å²) in [4.78, 5) is 18.9. The number of hydrogen-bond acceptors (Lipinski definition) is 4. The Bertz CT molecular complexity index is 550. The summed E-state index contributed by atoms with van der Waals surface area (Å²) in [6, 6.07) is 4.28. The average Bonchev–Trinajstić information content (AvgIpc) is 3.28. The molecule has 0 bridgehead atoms. The summed E-state index contributed by atoms with van der Waals surface area (Å²) in [6.07, 6.45) is 4.60. The van der Waals surface area contributed by atoms with Crippen molar-refractivity contribution in [1.29, 1.82) is 0 Å². The van der Waals surface area contributed by atoms with Gasteiger partial charge in [-0.05, 0) is 58.8 Å². The van der Waals surface area contributed by atoms with Gasteiger partial charge >= 0.3 is 0 Å². The molecule has 0 saturated carbocycles. The molecule has 1 aliphatic rings. The molecule has 0 radical (unpaired) electrons. The van der Waals surface area contributed by atoms with Gasteiger partial charge in [-0.1, -0.05) is 0 Å². The van der Waals surface area contributed by atoms with Crippen molar-refractivity contribution < 1.29 is 9.21 Å². The lowest BCUT2D eigenvalue weighted by Gasteiger charge is -2.24. The number of amides is 1. The molecule has 3 N–H and O–H groups in total. The number of hydrogen-bond donors (Lipinski definition) is 3. The van der Waals surface area contributed by atoms with E-state index in [1.54, 1.807) is 6.26 Å². The van der Waals surface area contributed by atoms with Crippen LogP contribution in [-0.2, 0) is 4.79 Å². The summed E-state index contributed by atoms with van der Waals surface area (Å²) in [5.74, 6) is 1.75. The first-order chi connectivity index (χ1) is 12.6. The molecule has 0 spiro atoms. The molecule has 2 heterocycles. The Balaban J connectivity index is 1.91. The molecule has 26 heavy (non-hydrogen) atoms. The van der Waals surface area contributed by atoms with Crippen LogP contribution in [0.4, 0.5) is 0 Å². The van der Waals surface area contributed by atoms with Crippen LogP contribution in [0.1, 0.15) is 51.8 Å². The minimum absolute atomic E-state index is 0.0499. The Morgan fingerprint density at radius 3 is 2.69 bits per heavy atom. The van der Waals surface area contributed by atoms with Crippen LogP contribution in [0.25, 0.3) is 0 Å². The maximum Gasteiger partial charge on any atom is 0.221 e. The van der Waals surface area contributed by atoms with Crippen LogP contribution in [-0.4, -0.2) is 55.5 Å². The summed E-state index contributed by atoms with van der Waals surface area (Å²) in [6.45, 7) is 10.1. The number of rotatable bonds is 9. The van der Waals surface area contributed by atoms with Crippen molar-refractivity contribution >= 4 is 11.9 Å². The van der Waals surface area contributed by atoms with Gasteiger partial charge in [0.1, 0.15) is 5.76 Å². The second kappa shape index (κ2) is 10.9. The smallest absolute Gasteiger partial charge is 0.221 e. The van der Waals surface area contributed by atoms with Crippen LogP contribution in [0, 0.1) is 0 Å². The predicted molar refractivity (Wildman–Crippen MR) is 104 cm³/mol. The highest BCUT2D eigenvalue weighted by Gasteiger charge is 2.25. The highest BCUT2D eigenvalue weighted by molar-refractivity contribution is 5.81. The second-order valence-corrected chi connectivity index (χ2v) is 6.89. The molecule has 0 aromatic carbocycles. The average molecular weight is 364 g/mol. The fourth-order valence-electron chi connectivity index (χ4n) is 3.13. The molecule has 1 amide bonds. The third-order valence-corrected chi connectivity index (χ3v) is 4.31.